The first kappa shape index (κ1) is 18.1. The summed E-state index contributed by atoms with van der Waals surface area (Å²) in [6.45, 7) is 6.29. The van der Waals surface area contributed by atoms with E-state index >= 15 is 0 Å². The second-order valence-corrected chi connectivity index (χ2v) is 7.44. The molecule has 2 aromatic rings. The van der Waals surface area contributed by atoms with Crippen molar-refractivity contribution in [1.82, 2.24) is 15.3 Å². The maximum absolute atomic E-state index is 5.50. The van der Waals surface area contributed by atoms with Crippen molar-refractivity contribution in [3.63, 3.8) is 0 Å². The number of methoxy groups -OCH3 is 2. The fraction of sp³-hybridized carbons (Fsp3) is 0.600. The van der Waals surface area contributed by atoms with E-state index in [0.717, 1.165) is 61.2 Å². The molecule has 3 heterocycles. The number of hydrogen-bond acceptors (Lipinski definition) is 7. The number of nitrogens with zero attached hydrogens (tertiary/aromatic N) is 3. The maximum atomic E-state index is 5.50. The maximum Gasteiger partial charge on any atom is 0.227 e. The molecule has 7 heteroatoms. The number of rotatable bonds is 6. The first-order chi connectivity index (χ1) is 13.2. The van der Waals surface area contributed by atoms with Crippen LogP contribution in [0.4, 0.5) is 11.8 Å². The minimum atomic E-state index is 0.381. The van der Waals surface area contributed by atoms with Gasteiger partial charge < -0.3 is 25.0 Å². The van der Waals surface area contributed by atoms with Crippen LogP contribution in [0.25, 0.3) is 10.9 Å². The van der Waals surface area contributed by atoms with Crippen molar-refractivity contribution in [1.29, 1.82) is 0 Å². The molecule has 4 rings (SSSR count). The number of hydrogen-bond donors (Lipinski definition) is 2. The van der Waals surface area contributed by atoms with Crippen LogP contribution in [-0.2, 0) is 0 Å². The second-order valence-electron chi connectivity index (χ2n) is 7.44. The van der Waals surface area contributed by atoms with E-state index in [1.807, 2.05) is 12.1 Å². The van der Waals surface area contributed by atoms with Gasteiger partial charge in [0.1, 0.15) is 5.82 Å². The Morgan fingerprint density at radius 3 is 2.67 bits per heavy atom. The Kier molecular flexibility index (Phi) is 5.20. The molecule has 2 aliphatic heterocycles. The van der Waals surface area contributed by atoms with E-state index in [1.54, 1.807) is 14.2 Å². The van der Waals surface area contributed by atoms with Gasteiger partial charge in [0.15, 0.2) is 11.5 Å². The zero-order valence-electron chi connectivity index (χ0n) is 16.4. The predicted molar refractivity (Wildman–Crippen MR) is 108 cm³/mol. The average molecular weight is 371 g/mol. The summed E-state index contributed by atoms with van der Waals surface area (Å²) in [7, 11) is 3.31. The van der Waals surface area contributed by atoms with Gasteiger partial charge in [-0.1, -0.05) is 13.3 Å². The Labute approximate surface area is 160 Å². The van der Waals surface area contributed by atoms with Crippen molar-refractivity contribution >= 4 is 22.7 Å². The van der Waals surface area contributed by atoms with Crippen molar-refractivity contribution in [3.05, 3.63) is 12.1 Å². The normalized spacial score (nSPS) is 22.4. The third kappa shape index (κ3) is 3.60. The summed E-state index contributed by atoms with van der Waals surface area (Å²) in [5, 5.41) is 8.00. The van der Waals surface area contributed by atoms with Crippen LogP contribution in [0.3, 0.4) is 0 Å². The molecular weight excluding hydrogens is 342 g/mol. The topological polar surface area (TPSA) is 71.5 Å². The number of ether oxygens (including phenoxy) is 2. The highest BCUT2D eigenvalue weighted by atomic mass is 16.5. The van der Waals surface area contributed by atoms with Crippen LogP contribution in [-0.4, -0.2) is 56.4 Å². The number of fused-ring (bicyclic) bond motifs is 1. The number of benzene rings is 1. The van der Waals surface area contributed by atoms with Gasteiger partial charge in [-0.15, -0.1) is 0 Å². The van der Waals surface area contributed by atoms with Crippen molar-refractivity contribution in [3.8, 4) is 11.5 Å². The summed E-state index contributed by atoms with van der Waals surface area (Å²) >= 11 is 0. The van der Waals surface area contributed by atoms with Gasteiger partial charge in [-0.25, -0.2) is 4.98 Å². The first-order valence-corrected chi connectivity index (χ1v) is 9.87. The van der Waals surface area contributed by atoms with E-state index in [2.05, 4.69) is 22.5 Å². The van der Waals surface area contributed by atoms with Crippen LogP contribution in [0.1, 0.15) is 26.2 Å². The molecule has 0 bridgehead atoms. The molecule has 1 aromatic carbocycles. The van der Waals surface area contributed by atoms with Gasteiger partial charge in [-0.05, 0) is 31.4 Å². The minimum absolute atomic E-state index is 0.381. The largest absolute Gasteiger partial charge is 0.493 e. The summed E-state index contributed by atoms with van der Waals surface area (Å²) in [5.41, 5.74) is 0.881. The van der Waals surface area contributed by atoms with E-state index in [0.29, 0.717) is 17.5 Å². The van der Waals surface area contributed by atoms with E-state index in [-0.39, 0.29) is 0 Å². The lowest BCUT2D eigenvalue weighted by Gasteiger charge is -2.21. The molecule has 1 aromatic heterocycles. The van der Waals surface area contributed by atoms with Gasteiger partial charge in [-0.2, -0.15) is 4.98 Å². The highest BCUT2D eigenvalue weighted by Gasteiger charge is 2.25. The molecule has 1 unspecified atom stereocenters. The molecule has 7 nitrogen and oxygen atoms in total. The summed E-state index contributed by atoms with van der Waals surface area (Å²) in [5.74, 6) is 3.80. The lowest BCUT2D eigenvalue weighted by molar-refractivity contribution is 0.356. The lowest BCUT2D eigenvalue weighted by Crippen LogP contribution is -2.25. The van der Waals surface area contributed by atoms with E-state index in [1.165, 1.54) is 12.8 Å². The third-order valence-corrected chi connectivity index (χ3v) is 5.74. The van der Waals surface area contributed by atoms with Crippen LogP contribution in [0.15, 0.2) is 12.1 Å². The summed E-state index contributed by atoms with van der Waals surface area (Å²) < 4.78 is 11.0. The molecule has 0 amide bonds. The number of aromatic nitrogens is 2. The highest BCUT2D eigenvalue weighted by Crippen LogP contribution is 2.36. The fourth-order valence-corrected chi connectivity index (χ4v) is 4.01. The second kappa shape index (κ2) is 7.76. The van der Waals surface area contributed by atoms with Gasteiger partial charge in [0.25, 0.3) is 0 Å². The van der Waals surface area contributed by atoms with Crippen molar-refractivity contribution < 1.29 is 9.47 Å². The Balaban J connectivity index is 1.77. The van der Waals surface area contributed by atoms with Crippen molar-refractivity contribution in [2.24, 2.45) is 5.92 Å². The molecular formula is C20H29N5O2. The number of anilines is 2. The Bertz CT molecular complexity index is 807. The molecule has 2 aliphatic rings. The van der Waals surface area contributed by atoms with Crippen LogP contribution in [0.5, 0.6) is 11.5 Å². The molecule has 2 fully saturated rings. The van der Waals surface area contributed by atoms with Crippen LogP contribution in [0, 0.1) is 5.92 Å². The summed E-state index contributed by atoms with van der Waals surface area (Å²) in [6, 6.07) is 4.30. The molecule has 0 radical (unpaired) electrons. The van der Waals surface area contributed by atoms with E-state index in [9.17, 15) is 0 Å². The quantitative estimate of drug-likeness (QED) is 0.809. The minimum Gasteiger partial charge on any atom is -0.493 e. The summed E-state index contributed by atoms with van der Waals surface area (Å²) in [4.78, 5) is 12.1. The highest BCUT2D eigenvalue weighted by molar-refractivity contribution is 5.93. The monoisotopic (exact) mass is 371 g/mol. The molecule has 2 N–H and O–H groups in total. The Morgan fingerprint density at radius 1 is 1.19 bits per heavy atom. The van der Waals surface area contributed by atoms with Crippen molar-refractivity contribution in [2.75, 3.05) is 50.6 Å². The molecule has 146 valence electrons. The fourth-order valence-electron chi connectivity index (χ4n) is 4.01. The molecule has 2 atom stereocenters. The van der Waals surface area contributed by atoms with Crippen molar-refractivity contribution in [2.45, 2.75) is 32.2 Å². The van der Waals surface area contributed by atoms with Crippen LogP contribution < -0.4 is 25.0 Å². The molecule has 0 saturated carbocycles. The number of nitrogens with one attached hydrogen (secondary N) is 2. The molecule has 0 spiro atoms. The average Bonchev–Trinajstić information content (AvgIpc) is 3.38. The zero-order chi connectivity index (χ0) is 18.8. The Morgan fingerprint density at radius 2 is 2.00 bits per heavy atom. The van der Waals surface area contributed by atoms with Crippen LogP contribution >= 0.6 is 0 Å². The lowest BCUT2D eigenvalue weighted by atomic mass is 10.1. The molecule has 0 aliphatic carbocycles. The third-order valence-electron chi connectivity index (χ3n) is 5.74. The smallest absolute Gasteiger partial charge is 0.227 e. The predicted octanol–water partition coefficient (Wildman–Crippen LogP) is 2.66. The van der Waals surface area contributed by atoms with Gasteiger partial charge >= 0.3 is 0 Å². The van der Waals surface area contributed by atoms with Gasteiger partial charge in [0.2, 0.25) is 5.95 Å². The van der Waals surface area contributed by atoms with Gasteiger partial charge in [0, 0.05) is 37.1 Å². The van der Waals surface area contributed by atoms with Gasteiger partial charge in [-0.3, -0.25) is 0 Å². The molecule has 2 saturated heterocycles. The standard InChI is InChI=1S/C20H29N5O2/c1-4-13-6-8-25(12-13)20-23-16-10-18(27-3)17(26-2)9-15(16)19(24-20)22-14-5-7-21-11-14/h9-10,13-14,21H,4-8,11-12H2,1-3H3,(H,22,23,24)/t13?,14-/m0/s1. The van der Waals surface area contributed by atoms with Gasteiger partial charge in [0.05, 0.1) is 19.7 Å². The van der Waals surface area contributed by atoms with E-state index in [4.69, 9.17) is 19.4 Å². The first-order valence-electron chi connectivity index (χ1n) is 9.87. The molecule has 27 heavy (non-hydrogen) atoms. The zero-order valence-corrected chi connectivity index (χ0v) is 16.4. The van der Waals surface area contributed by atoms with E-state index < -0.39 is 0 Å². The SMILES string of the molecule is CCC1CCN(c2nc(N[C@H]3CCNC3)c3cc(OC)c(OC)cc3n2)C1. The Hall–Kier alpha value is -2.28. The summed E-state index contributed by atoms with van der Waals surface area (Å²) in [6.07, 6.45) is 3.50. The van der Waals surface area contributed by atoms with Crippen LogP contribution in [0.2, 0.25) is 0 Å².